The summed E-state index contributed by atoms with van der Waals surface area (Å²) in [6.45, 7) is 1.37. The van der Waals surface area contributed by atoms with Crippen LogP contribution >= 0.6 is 11.3 Å². The highest BCUT2D eigenvalue weighted by atomic mass is 32.1. The van der Waals surface area contributed by atoms with Crippen molar-refractivity contribution in [3.05, 3.63) is 52.2 Å². The van der Waals surface area contributed by atoms with Gasteiger partial charge in [-0.25, -0.2) is 4.79 Å². The van der Waals surface area contributed by atoms with Gasteiger partial charge in [0, 0.05) is 31.6 Å². The fourth-order valence-electron chi connectivity index (χ4n) is 3.46. The molecule has 0 radical (unpaired) electrons. The zero-order valence-electron chi connectivity index (χ0n) is 16.5. The number of hydrogen-bond acceptors (Lipinski definition) is 4. The summed E-state index contributed by atoms with van der Waals surface area (Å²) in [6, 6.07) is 10.5. The summed E-state index contributed by atoms with van der Waals surface area (Å²) in [5, 5.41) is 5.13. The van der Waals surface area contributed by atoms with Crippen molar-refractivity contribution in [1.82, 2.24) is 15.1 Å². The first kappa shape index (κ1) is 21.5. The molecule has 158 valence electrons. The van der Waals surface area contributed by atoms with Crippen molar-refractivity contribution in [3.8, 4) is 5.75 Å². The molecule has 0 aliphatic carbocycles. The lowest BCUT2D eigenvalue weighted by atomic mass is 9.97. The number of urea groups is 1. The molecule has 0 bridgehead atoms. The first-order valence-corrected chi connectivity index (χ1v) is 10.6. The zero-order chi connectivity index (χ0) is 20.6. The molecule has 0 saturated carbocycles. The van der Waals surface area contributed by atoms with Gasteiger partial charge in [-0.3, -0.25) is 4.90 Å². The first-order chi connectivity index (χ1) is 14.0. The number of carbonyl (C=O) groups is 1. The molecule has 0 spiro atoms. The van der Waals surface area contributed by atoms with Gasteiger partial charge in [0.15, 0.2) is 0 Å². The Balaban J connectivity index is 1.36. The van der Waals surface area contributed by atoms with Gasteiger partial charge in [0.2, 0.25) is 0 Å². The van der Waals surface area contributed by atoms with Gasteiger partial charge >= 0.3 is 12.6 Å². The number of amides is 2. The van der Waals surface area contributed by atoms with Crippen molar-refractivity contribution in [3.63, 3.8) is 0 Å². The number of carbonyl (C=O) groups excluding carboxylic acids is 1. The number of ether oxygens (including phenoxy) is 1. The van der Waals surface area contributed by atoms with Gasteiger partial charge in [0.1, 0.15) is 5.75 Å². The molecule has 1 saturated heterocycles. The van der Waals surface area contributed by atoms with Crippen molar-refractivity contribution >= 4 is 17.4 Å². The standard InChI is InChI=1S/C21H27F2N3O2S/c1-25(14-17-4-6-18(7-5-17)28-20(22)23)21(27)24-13-16-8-10-26(11-9-16)15-19-3-2-12-29-19/h2-7,12,16,20H,8-11,13-15H2,1H3,(H,24,27). The molecule has 8 heteroatoms. The van der Waals surface area contributed by atoms with E-state index in [1.54, 1.807) is 35.4 Å². The highest BCUT2D eigenvalue weighted by Gasteiger charge is 2.20. The van der Waals surface area contributed by atoms with E-state index in [0.29, 0.717) is 19.0 Å². The van der Waals surface area contributed by atoms with Gasteiger partial charge in [-0.1, -0.05) is 18.2 Å². The van der Waals surface area contributed by atoms with Crippen molar-refractivity contribution < 1.29 is 18.3 Å². The van der Waals surface area contributed by atoms with Crippen LogP contribution < -0.4 is 10.1 Å². The minimum atomic E-state index is -2.84. The third-order valence-electron chi connectivity index (χ3n) is 5.12. The van der Waals surface area contributed by atoms with Crippen LogP contribution in [0.4, 0.5) is 13.6 Å². The second-order valence-electron chi connectivity index (χ2n) is 7.36. The molecule has 2 amide bonds. The highest BCUT2D eigenvalue weighted by molar-refractivity contribution is 7.09. The van der Waals surface area contributed by atoms with E-state index >= 15 is 0 Å². The van der Waals surface area contributed by atoms with Crippen LogP contribution in [-0.4, -0.2) is 49.1 Å². The molecule has 0 unspecified atom stereocenters. The largest absolute Gasteiger partial charge is 0.435 e. The van der Waals surface area contributed by atoms with Gasteiger partial charge in [-0.2, -0.15) is 8.78 Å². The Labute approximate surface area is 174 Å². The van der Waals surface area contributed by atoms with Gasteiger partial charge < -0.3 is 15.0 Å². The quantitative estimate of drug-likeness (QED) is 0.684. The Morgan fingerprint density at radius 3 is 2.62 bits per heavy atom. The van der Waals surface area contributed by atoms with Gasteiger partial charge in [0.05, 0.1) is 0 Å². The Hall–Kier alpha value is -2.19. The third-order valence-corrected chi connectivity index (χ3v) is 5.98. The number of alkyl halides is 2. The maximum Gasteiger partial charge on any atom is 0.387 e. The van der Waals surface area contributed by atoms with E-state index in [4.69, 9.17) is 0 Å². The number of hydrogen-bond donors (Lipinski definition) is 1. The lowest BCUT2D eigenvalue weighted by molar-refractivity contribution is -0.0498. The maximum atomic E-state index is 12.4. The molecule has 29 heavy (non-hydrogen) atoms. The van der Waals surface area contributed by atoms with E-state index < -0.39 is 6.61 Å². The zero-order valence-corrected chi connectivity index (χ0v) is 17.3. The van der Waals surface area contributed by atoms with Crippen LogP contribution in [0.1, 0.15) is 23.3 Å². The number of nitrogens with one attached hydrogen (secondary N) is 1. The smallest absolute Gasteiger partial charge is 0.387 e. The summed E-state index contributed by atoms with van der Waals surface area (Å²) in [5.74, 6) is 0.610. The Morgan fingerprint density at radius 1 is 1.28 bits per heavy atom. The molecule has 1 aliphatic rings. The summed E-state index contributed by atoms with van der Waals surface area (Å²) in [6.07, 6.45) is 2.17. The number of piperidine rings is 1. The van der Waals surface area contributed by atoms with Crippen LogP contribution in [-0.2, 0) is 13.1 Å². The normalized spacial score (nSPS) is 15.4. The predicted molar refractivity (Wildman–Crippen MR) is 110 cm³/mol. The molecule has 2 heterocycles. The highest BCUT2D eigenvalue weighted by Crippen LogP contribution is 2.20. The van der Waals surface area contributed by atoms with E-state index in [2.05, 4.69) is 32.5 Å². The summed E-state index contributed by atoms with van der Waals surface area (Å²) < 4.78 is 28.7. The molecule has 1 aliphatic heterocycles. The summed E-state index contributed by atoms with van der Waals surface area (Å²) in [4.78, 5) is 17.8. The Morgan fingerprint density at radius 2 is 2.00 bits per heavy atom. The lowest BCUT2D eigenvalue weighted by Crippen LogP contribution is -2.42. The molecule has 1 N–H and O–H groups in total. The van der Waals surface area contributed by atoms with Crippen molar-refractivity contribution in [2.24, 2.45) is 5.92 Å². The van der Waals surface area contributed by atoms with E-state index in [0.717, 1.165) is 38.0 Å². The number of rotatable bonds is 8. The molecule has 5 nitrogen and oxygen atoms in total. The molecule has 1 aromatic carbocycles. The monoisotopic (exact) mass is 423 g/mol. The summed E-state index contributed by atoms with van der Waals surface area (Å²) in [5.41, 5.74) is 0.853. The average Bonchev–Trinajstić information content (AvgIpc) is 3.21. The Kier molecular flexibility index (Phi) is 7.83. The second-order valence-corrected chi connectivity index (χ2v) is 8.40. The first-order valence-electron chi connectivity index (χ1n) is 9.77. The molecule has 1 fully saturated rings. The lowest BCUT2D eigenvalue weighted by Gasteiger charge is -2.32. The molecule has 3 rings (SSSR count). The van der Waals surface area contributed by atoms with E-state index in [1.165, 1.54) is 17.0 Å². The van der Waals surface area contributed by atoms with Crippen LogP contribution in [0.2, 0.25) is 0 Å². The number of halogens is 2. The second kappa shape index (κ2) is 10.5. The minimum Gasteiger partial charge on any atom is -0.435 e. The number of thiophene rings is 1. The third kappa shape index (κ3) is 6.97. The predicted octanol–water partition coefficient (Wildman–Crippen LogP) is 4.40. The van der Waals surface area contributed by atoms with Crippen molar-refractivity contribution in [2.45, 2.75) is 32.5 Å². The molecule has 1 aromatic heterocycles. The number of nitrogens with zero attached hydrogens (tertiary/aromatic N) is 2. The fraction of sp³-hybridized carbons (Fsp3) is 0.476. The minimum absolute atomic E-state index is 0.112. The number of likely N-dealkylation sites (tertiary alicyclic amines) is 1. The van der Waals surface area contributed by atoms with Gasteiger partial charge in [-0.05, 0) is 61.0 Å². The van der Waals surface area contributed by atoms with E-state index in [-0.39, 0.29) is 11.8 Å². The molecule has 2 aromatic rings. The van der Waals surface area contributed by atoms with E-state index in [9.17, 15) is 13.6 Å². The van der Waals surface area contributed by atoms with Crippen molar-refractivity contribution in [2.75, 3.05) is 26.7 Å². The number of benzene rings is 1. The van der Waals surface area contributed by atoms with Gasteiger partial charge in [-0.15, -0.1) is 11.3 Å². The molecular weight excluding hydrogens is 396 g/mol. The van der Waals surface area contributed by atoms with Crippen molar-refractivity contribution in [1.29, 1.82) is 0 Å². The molecule has 0 atom stereocenters. The molecular formula is C21H27F2N3O2S. The van der Waals surface area contributed by atoms with Crippen LogP contribution in [0.5, 0.6) is 5.75 Å². The van der Waals surface area contributed by atoms with E-state index in [1.807, 2.05) is 0 Å². The van der Waals surface area contributed by atoms with Crippen LogP contribution in [0.15, 0.2) is 41.8 Å². The van der Waals surface area contributed by atoms with Crippen LogP contribution in [0, 0.1) is 5.92 Å². The summed E-state index contributed by atoms with van der Waals surface area (Å²) in [7, 11) is 1.72. The van der Waals surface area contributed by atoms with Crippen LogP contribution in [0.25, 0.3) is 0 Å². The maximum absolute atomic E-state index is 12.4. The van der Waals surface area contributed by atoms with Gasteiger partial charge in [0.25, 0.3) is 0 Å². The average molecular weight is 424 g/mol. The van der Waals surface area contributed by atoms with Crippen LogP contribution in [0.3, 0.4) is 0 Å². The fourth-order valence-corrected chi connectivity index (χ4v) is 4.21. The summed E-state index contributed by atoms with van der Waals surface area (Å²) >= 11 is 1.79. The topological polar surface area (TPSA) is 44.8 Å². The Bertz CT molecular complexity index is 748. The SMILES string of the molecule is CN(Cc1ccc(OC(F)F)cc1)C(=O)NCC1CCN(Cc2cccs2)CC1.